The van der Waals surface area contributed by atoms with Crippen molar-refractivity contribution in [3.63, 3.8) is 0 Å². The molecule has 8 nitrogen and oxygen atoms in total. The number of benzene rings is 1. The predicted octanol–water partition coefficient (Wildman–Crippen LogP) is 1.32. The topological polar surface area (TPSA) is 105 Å². The van der Waals surface area contributed by atoms with E-state index in [1.165, 1.54) is 28.6 Å². The van der Waals surface area contributed by atoms with Crippen LogP contribution in [0.4, 0.5) is 5.69 Å². The molecule has 2 heterocycles. The summed E-state index contributed by atoms with van der Waals surface area (Å²) in [5, 5.41) is 14.3. The van der Waals surface area contributed by atoms with Crippen LogP contribution >= 0.6 is 0 Å². The maximum atomic E-state index is 13.1. The molecule has 2 aromatic rings. The monoisotopic (exact) mass is 348 g/mol. The molecule has 126 valence electrons. The first-order valence-electron chi connectivity index (χ1n) is 7.39. The zero-order valence-electron chi connectivity index (χ0n) is 12.7. The SMILES string of the molecule is O=[N+]([O-])c1ccccc1S(=O)(=O)N1CCNCC1c1ccccn1. The van der Waals surface area contributed by atoms with Crippen molar-refractivity contribution >= 4 is 15.7 Å². The zero-order chi connectivity index (χ0) is 17.2. The molecule has 1 aromatic carbocycles. The lowest BCUT2D eigenvalue weighted by Gasteiger charge is -2.34. The van der Waals surface area contributed by atoms with Gasteiger partial charge in [-0.2, -0.15) is 4.31 Å². The van der Waals surface area contributed by atoms with Gasteiger partial charge in [-0.1, -0.05) is 18.2 Å². The van der Waals surface area contributed by atoms with Crippen LogP contribution in [0, 0.1) is 10.1 Å². The molecule has 1 N–H and O–H groups in total. The summed E-state index contributed by atoms with van der Waals surface area (Å²) in [5.41, 5.74) is 0.183. The van der Waals surface area contributed by atoms with Crippen molar-refractivity contribution in [1.82, 2.24) is 14.6 Å². The van der Waals surface area contributed by atoms with Crippen LogP contribution in [0.15, 0.2) is 53.6 Å². The van der Waals surface area contributed by atoms with Crippen LogP contribution in [0.25, 0.3) is 0 Å². The first kappa shape index (κ1) is 16.5. The third-order valence-corrected chi connectivity index (χ3v) is 5.83. The number of rotatable bonds is 4. The van der Waals surface area contributed by atoms with Gasteiger partial charge in [0.15, 0.2) is 4.90 Å². The zero-order valence-corrected chi connectivity index (χ0v) is 13.5. The highest BCUT2D eigenvalue weighted by atomic mass is 32.2. The average molecular weight is 348 g/mol. The Bertz CT molecular complexity index is 842. The van der Waals surface area contributed by atoms with Crippen LogP contribution < -0.4 is 5.32 Å². The molecule has 1 saturated heterocycles. The highest BCUT2D eigenvalue weighted by Gasteiger charge is 2.38. The van der Waals surface area contributed by atoms with E-state index >= 15 is 0 Å². The van der Waals surface area contributed by atoms with E-state index in [-0.39, 0.29) is 11.4 Å². The Morgan fingerprint density at radius 1 is 1.21 bits per heavy atom. The number of nitrogens with zero attached hydrogens (tertiary/aromatic N) is 3. The van der Waals surface area contributed by atoms with Crippen LogP contribution in [0.3, 0.4) is 0 Å². The molecule has 0 spiro atoms. The van der Waals surface area contributed by atoms with Crippen molar-refractivity contribution in [2.75, 3.05) is 19.6 Å². The van der Waals surface area contributed by atoms with Gasteiger partial charge >= 0.3 is 0 Å². The quantitative estimate of drug-likeness (QED) is 0.660. The number of pyridine rings is 1. The lowest BCUT2D eigenvalue weighted by atomic mass is 10.1. The fourth-order valence-electron chi connectivity index (χ4n) is 2.75. The average Bonchev–Trinajstić information content (AvgIpc) is 2.62. The predicted molar refractivity (Wildman–Crippen MR) is 86.8 cm³/mol. The van der Waals surface area contributed by atoms with Gasteiger partial charge in [-0.3, -0.25) is 15.1 Å². The molecule has 1 fully saturated rings. The summed E-state index contributed by atoms with van der Waals surface area (Å²) in [6.07, 6.45) is 1.60. The van der Waals surface area contributed by atoms with E-state index in [4.69, 9.17) is 0 Å². The molecular formula is C15H16N4O4S. The first-order valence-corrected chi connectivity index (χ1v) is 8.83. The Kier molecular flexibility index (Phi) is 4.56. The summed E-state index contributed by atoms with van der Waals surface area (Å²) >= 11 is 0. The number of sulfonamides is 1. The van der Waals surface area contributed by atoms with E-state index in [2.05, 4.69) is 10.3 Å². The van der Waals surface area contributed by atoms with E-state index in [0.29, 0.717) is 18.8 Å². The van der Waals surface area contributed by atoms with E-state index in [1.54, 1.807) is 24.4 Å². The Morgan fingerprint density at radius 2 is 1.96 bits per heavy atom. The Hall–Kier alpha value is -2.36. The number of nitro groups is 1. The number of para-hydroxylation sites is 1. The minimum Gasteiger partial charge on any atom is -0.313 e. The van der Waals surface area contributed by atoms with Crippen molar-refractivity contribution in [2.24, 2.45) is 0 Å². The summed E-state index contributed by atoms with van der Waals surface area (Å²) in [7, 11) is -4.02. The third-order valence-electron chi connectivity index (χ3n) is 3.87. The van der Waals surface area contributed by atoms with E-state index in [0.717, 1.165) is 0 Å². The van der Waals surface area contributed by atoms with Gasteiger partial charge in [-0.15, -0.1) is 0 Å². The molecule has 0 radical (unpaired) electrons. The highest BCUT2D eigenvalue weighted by molar-refractivity contribution is 7.89. The summed E-state index contributed by atoms with van der Waals surface area (Å²) in [6, 6.07) is 10.2. The van der Waals surface area contributed by atoms with Crippen molar-refractivity contribution in [3.8, 4) is 0 Å². The number of hydrogen-bond acceptors (Lipinski definition) is 6. The number of piperazine rings is 1. The summed E-state index contributed by atoms with van der Waals surface area (Å²) in [4.78, 5) is 14.5. The molecule has 0 amide bonds. The van der Waals surface area contributed by atoms with Crippen molar-refractivity contribution in [3.05, 3.63) is 64.5 Å². The standard InChI is InChI=1S/C15H16N4O4S/c20-19(21)13-6-1-2-7-15(13)24(22,23)18-10-9-16-11-14(18)12-5-3-4-8-17-12/h1-8,14,16H,9-11H2. The van der Waals surface area contributed by atoms with Crippen LogP contribution in [-0.4, -0.2) is 42.3 Å². The van der Waals surface area contributed by atoms with Crippen LogP contribution in [0.2, 0.25) is 0 Å². The van der Waals surface area contributed by atoms with Gasteiger partial charge in [-0.05, 0) is 18.2 Å². The number of nitrogens with one attached hydrogen (secondary N) is 1. The Morgan fingerprint density at radius 3 is 2.67 bits per heavy atom. The lowest BCUT2D eigenvalue weighted by molar-refractivity contribution is -0.387. The third kappa shape index (κ3) is 3.01. The van der Waals surface area contributed by atoms with Gasteiger partial charge in [-0.25, -0.2) is 8.42 Å². The molecule has 1 unspecified atom stereocenters. The second-order valence-electron chi connectivity index (χ2n) is 5.32. The number of nitro benzene ring substituents is 1. The molecule has 1 aliphatic heterocycles. The molecule has 9 heteroatoms. The van der Waals surface area contributed by atoms with E-state index in [9.17, 15) is 18.5 Å². The van der Waals surface area contributed by atoms with Gasteiger partial charge in [0.1, 0.15) is 0 Å². The molecule has 3 rings (SSSR count). The maximum Gasteiger partial charge on any atom is 0.289 e. The van der Waals surface area contributed by atoms with Crippen LogP contribution in [0.5, 0.6) is 0 Å². The van der Waals surface area contributed by atoms with E-state index in [1.807, 2.05) is 0 Å². The smallest absolute Gasteiger partial charge is 0.289 e. The molecule has 24 heavy (non-hydrogen) atoms. The molecule has 0 saturated carbocycles. The summed E-state index contributed by atoms with van der Waals surface area (Å²) in [5.74, 6) is 0. The second-order valence-corrected chi connectivity index (χ2v) is 7.17. The van der Waals surface area contributed by atoms with Gasteiger partial charge < -0.3 is 5.32 Å². The fourth-order valence-corrected chi connectivity index (χ4v) is 4.51. The molecule has 1 atom stereocenters. The maximum absolute atomic E-state index is 13.1. The normalized spacial score (nSPS) is 19.1. The summed E-state index contributed by atoms with van der Waals surface area (Å²) < 4.78 is 27.4. The van der Waals surface area contributed by atoms with Gasteiger partial charge in [0.2, 0.25) is 0 Å². The highest BCUT2D eigenvalue weighted by Crippen LogP contribution is 2.32. The van der Waals surface area contributed by atoms with Crippen LogP contribution in [0.1, 0.15) is 11.7 Å². The van der Waals surface area contributed by atoms with Crippen LogP contribution in [-0.2, 0) is 10.0 Å². The molecule has 1 aliphatic rings. The van der Waals surface area contributed by atoms with Crippen molar-refractivity contribution in [1.29, 1.82) is 0 Å². The van der Waals surface area contributed by atoms with Crippen molar-refractivity contribution < 1.29 is 13.3 Å². The molecule has 1 aromatic heterocycles. The number of aromatic nitrogens is 1. The molecule has 0 bridgehead atoms. The minimum atomic E-state index is -4.02. The lowest BCUT2D eigenvalue weighted by Crippen LogP contribution is -2.48. The van der Waals surface area contributed by atoms with Gasteiger partial charge in [0.25, 0.3) is 15.7 Å². The van der Waals surface area contributed by atoms with Gasteiger partial charge in [0.05, 0.1) is 16.7 Å². The van der Waals surface area contributed by atoms with Gasteiger partial charge in [0, 0.05) is 31.9 Å². The minimum absolute atomic E-state index is 0.218. The second kappa shape index (κ2) is 6.63. The Labute approximate surface area is 139 Å². The number of hydrogen-bond donors (Lipinski definition) is 1. The summed E-state index contributed by atoms with van der Waals surface area (Å²) in [6.45, 7) is 1.09. The Balaban J connectivity index is 2.06. The molecular weight excluding hydrogens is 332 g/mol. The van der Waals surface area contributed by atoms with E-state index < -0.39 is 26.7 Å². The largest absolute Gasteiger partial charge is 0.313 e. The molecule has 0 aliphatic carbocycles. The van der Waals surface area contributed by atoms with Crippen molar-refractivity contribution in [2.45, 2.75) is 10.9 Å². The first-order chi connectivity index (χ1) is 11.5. The fraction of sp³-hybridized carbons (Fsp3) is 0.267.